The molecule has 0 aliphatic carbocycles. The van der Waals surface area contributed by atoms with Gasteiger partial charge in [-0.1, -0.05) is 54.6 Å². The molecule has 0 heterocycles. The van der Waals surface area contributed by atoms with E-state index in [9.17, 15) is 49.5 Å². The molecule has 0 fully saturated rings. The summed E-state index contributed by atoms with van der Waals surface area (Å²) >= 11 is 0. The van der Waals surface area contributed by atoms with Gasteiger partial charge in [-0.2, -0.15) is 0 Å². The van der Waals surface area contributed by atoms with Crippen LogP contribution in [0.15, 0.2) is 91.0 Å². The lowest BCUT2D eigenvalue weighted by molar-refractivity contribution is -0.176. The van der Waals surface area contributed by atoms with Crippen LogP contribution in [0, 0.1) is 5.41 Å². The smallest absolute Gasteiger partial charge is 0.360 e. The first-order valence-electron chi connectivity index (χ1n) is 11.7. The maximum atomic E-state index is 13.3. The Bertz CT molecular complexity index is 1230. The zero-order valence-electron chi connectivity index (χ0n) is 20.5. The predicted octanol–water partition coefficient (Wildman–Crippen LogP) is 2.30. The summed E-state index contributed by atoms with van der Waals surface area (Å²) in [5, 5.41) is 48.7. The fraction of sp³-hybridized carbons (Fsp3) is 0.179. The molecule has 0 unspecified atom stereocenters. The Hall–Kier alpha value is -4.56. The van der Waals surface area contributed by atoms with Gasteiger partial charge >= 0.3 is 29.8 Å². The summed E-state index contributed by atoms with van der Waals surface area (Å²) in [6, 6.07) is 24.7. The van der Waals surface area contributed by atoms with Crippen LogP contribution in [-0.2, 0) is 24.0 Å². The monoisotopic (exact) mass is 553 g/mol. The van der Waals surface area contributed by atoms with Crippen molar-refractivity contribution in [3.63, 3.8) is 0 Å². The van der Waals surface area contributed by atoms with Crippen LogP contribution < -0.4 is 15.9 Å². The Morgan fingerprint density at radius 2 is 0.795 bits per heavy atom. The minimum absolute atomic E-state index is 0.410. The number of hydrogen-bond acceptors (Lipinski definition) is 5. The van der Waals surface area contributed by atoms with Crippen molar-refractivity contribution in [3.05, 3.63) is 91.0 Å². The zero-order chi connectivity index (χ0) is 28.8. The van der Waals surface area contributed by atoms with Crippen molar-refractivity contribution < 1.29 is 49.5 Å². The standard InChI is InChI=1S/C28H25O10P/c29-22(30)27(23(31)32,24(33)34)17-10-18-28(25(35)36,26(37)38)39(19-11-4-1-5-12-19,20-13-6-2-7-14-20)21-15-8-3-9-16-21/h1-9,11-16H,10,17-18H2,(H4-,29,30,31,32,33,34,35,36,37,38)/p+1. The highest BCUT2D eigenvalue weighted by atomic mass is 31.2. The predicted molar refractivity (Wildman–Crippen MR) is 142 cm³/mol. The number of carboxylic acids is 5. The van der Waals surface area contributed by atoms with E-state index in [1.54, 1.807) is 91.0 Å². The van der Waals surface area contributed by atoms with Crippen LogP contribution in [0.3, 0.4) is 0 Å². The molecule has 0 bridgehead atoms. The highest BCUT2D eigenvalue weighted by Gasteiger charge is 2.72. The van der Waals surface area contributed by atoms with E-state index in [0.717, 1.165) is 0 Å². The van der Waals surface area contributed by atoms with E-state index in [1.807, 2.05) is 0 Å². The molecule has 3 aromatic carbocycles. The van der Waals surface area contributed by atoms with Crippen molar-refractivity contribution in [1.82, 2.24) is 0 Å². The van der Waals surface area contributed by atoms with Crippen LogP contribution in [0.25, 0.3) is 0 Å². The van der Waals surface area contributed by atoms with Crippen molar-refractivity contribution in [2.24, 2.45) is 5.41 Å². The minimum atomic E-state index is -3.70. The third-order valence-electron chi connectivity index (χ3n) is 6.90. The van der Waals surface area contributed by atoms with Crippen molar-refractivity contribution >= 4 is 53.0 Å². The van der Waals surface area contributed by atoms with Crippen LogP contribution in [0.1, 0.15) is 19.3 Å². The second kappa shape index (κ2) is 11.4. The number of aliphatic carboxylic acids is 5. The average Bonchev–Trinajstić information content (AvgIpc) is 2.91. The van der Waals surface area contributed by atoms with Gasteiger partial charge in [0.1, 0.15) is 23.2 Å². The Labute approximate surface area is 223 Å². The molecule has 0 aliphatic heterocycles. The fourth-order valence-corrected chi connectivity index (χ4v) is 10.2. The molecule has 39 heavy (non-hydrogen) atoms. The van der Waals surface area contributed by atoms with Crippen molar-refractivity contribution in [2.45, 2.75) is 24.4 Å². The second-order valence-electron chi connectivity index (χ2n) is 8.82. The molecule has 0 aromatic heterocycles. The van der Waals surface area contributed by atoms with Crippen LogP contribution >= 0.6 is 7.26 Å². The molecule has 202 valence electrons. The van der Waals surface area contributed by atoms with Gasteiger partial charge in [0.25, 0.3) is 10.6 Å². The number of carboxylic acid groups (broad SMARTS) is 5. The molecule has 3 rings (SSSR count). The molecule has 0 saturated carbocycles. The molecule has 0 atom stereocenters. The molecular weight excluding hydrogens is 527 g/mol. The molecule has 0 aliphatic rings. The molecule has 0 saturated heterocycles. The van der Waals surface area contributed by atoms with Gasteiger partial charge in [0.2, 0.25) is 0 Å². The van der Waals surface area contributed by atoms with Crippen molar-refractivity contribution in [3.8, 4) is 0 Å². The summed E-state index contributed by atoms with van der Waals surface area (Å²) in [7, 11) is -3.70. The van der Waals surface area contributed by atoms with Crippen LogP contribution in [-0.4, -0.2) is 60.5 Å². The fourth-order valence-electron chi connectivity index (χ4n) is 5.03. The van der Waals surface area contributed by atoms with Gasteiger partial charge in [0, 0.05) is 6.42 Å². The molecule has 3 aromatic rings. The number of hydrogen-bond donors (Lipinski definition) is 5. The Morgan fingerprint density at radius 1 is 0.487 bits per heavy atom. The van der Waals surface area contributed by atoms with E-state index in [2.05, 4.69) is 0 Å². The van der Waals surface area contributed by atoms with Crippen molar-refractivity contribution in [1.29, 1.82) is 0 Å². The average molecular weight is 553 g/mol. The summed E-state index contributed by atoms with van der Waals surface area (Å²) in [6.07, 6.45) is -2.43. The molecule has 0 radical (unpaired) electrons. The topological polar surface area (TPSA) is 186 Å². The van der Waals surface area contributed by atoms with E-state index in [4.69, 9.17) is 0 Å². The van der Waals surface area contributed by atoms with Crippen LogP contribution in [0.5, 0.6) is 0 Å². The molecule has 10 nitrogen and oxygen atoms in total. The Kier molecular flexibility index (Phi) is 8.51. The largest absolute Gasteiger partial charge is 0.480 e. The summed E-state index contributed by atoms with van der Waals surface area (Å²) < 4.78 is 0. The molecule has 5 N–H and O–H groups in total. The SMILES string of the molecule is O=C(O)C(CCCC(C(=O)O)(C(=O)O)[P+](c1ccccc1)(c1ccccc1)c1ccccc1)(C(=O)O)C(=O)O. The first kappa shape index (κ1) is 29.0. The first-order valence-corrected chi connectivity index (χ1v) is 13.5. The highest BCUT2D eigenvalue weighted by Crippen LogP contribution is 2.68. The summed E-state index contributed by atoms with van der Waals surface area (Å²) in [4.78, 5) is 62.0. The Balaban J connectivity index is 2.39. The number of benzene rings is 3. The van der Waals surface area contributed by atoms with Gasteiger partial charge in [0.15, 0.2) is 0 Å². The van der Waals surface area contributed by atoms with E-state index in [0.29, 0.717) is 15.9 Å². The lowest BCUT2D eigenvalue weighted by atomic mass is 9.81. The van der Waals surface area contributed by atoms with E-state index in [-0.39, 0.29) is 0 Å². The lowest BCUT2D eigenvalue weighted by Crippen LogP contribution is -2.57. The third-order valence-corrected chi connectivity index (χ3v) is 11.9. The zero-order valence-corrected chi connectivity index (χ0v) is 21.4. The normalized spacial score (nSPS) is 11.9. The summed E-state index contributed by atoms with van der Waals surface area (Å²) in [5.74, 6) is -9.87. The van der Waals surface area contributed by atoms with Gasteiger partial charge in [0.05, 0.1) is 0 Å². The van der Waals surface area contributed by atoms with E-state index in [1.165, 1.54) is 0 Å². The van der Waals surface area contributed by atoms with Crippen LogP contribution in [0.2, 0.25) is 0 Å². The van der Waals surface area contributed by atoms with Gasteiger partial charge in [-0.3, -0.25) is 14.4 Å². The summed E-state index contributed by atoms with van der Waals surface area (Å²) in [5.41, 5.74) is -3.28. The van der Waals surface area contributed by atoms with Gasteiger partial charge in [-0.15, -0.1) is 0 Å². The van der Waals surface area contributed by atoms with Gasteiger partial charge < -0.3 is 25.5 Å². The van der Waals surface area contributed by atoms with E-state index >= 15 is 0 Å². The molecule has 0 spiro atoms. The second-order valence-corrected chi connectivity index (χ2v) is 12.5. The van der Waals surface area contributed by atoms with Crippen LogP contribution in [0.4, 0.5) is 0 Å². The number of carbonyl (C=O) groups is 5. The minimum Gasteiger partial charge on any atom is -0.480 e. The lowest BCUT2D eigenvalue weighted by Gasteiger charge is -2.39. The quantitative estimate of drug-likeness (QED) is 0.155. The number of rotatable bonds is 13. The molecule has 0 amide bonds. The van der Waals surface area contributed by atoms with Gasteiger partial charge in [-0.25, -0.2) is 9.59 Å². The van der Waals surface area contributed by atoms with Gasteiger partial charge in [-0.05, 0) is 49.2 Å². The highest BCUT2D eigenvalue weighted by molar-refractivity contribution is 7.98. The molecular formula is C28H26O10P+. The maximum Gasteiger partial charge on any atom is 0.360 e. The summed E-state index contributed by atoms with van der Waals surface area (Å²) in [6.45, 7) is 0. The maximum absolute atomic E-state index is 13.3. The first-order chi connectivity index (χ1) is 18.5. The van der Waals surface area contributed by atoms with Crippen molar-refractivity contribution in [2.75, 3.05) is 0 Å². The Morgan fingerprint density at radius 3 is 1.05 bits per heavy atom. The third kappa shape index (κ3) is 4.64. The molecule has 11 heteroatoms. The van der Waals surface area contributed by atoms with E-state index < -0.39 is 66.9 Å².